The van der Waals surface area contributed by atoms with E-state index in [-0.39, 0.29) is 11.4 Å². The van der Waals surface area contributed by atoms with E-state index in [1.807, 2.05) is 31.0 Å². The van der Waals surface area contributed by atoms with Gasteiger partial charge in [0.15, 0.2) is 0 Å². The second-order valence-electron chi connectivity index (χ2n) is 6.13. The van der Waals surface area contributed by atoms with Gasteiger partial charge in [0.1, 0.15) is 17.8 Å². The molecule has 128 valence electrons. The molecule has 3 heterocycles. The number of rotatable bonds is 2. The Hall–Kier alpha value is -2.37. The van der Waals surface area contributed by atoms with Crippen molar-refractivity contribution in [1.82, 2.24) is 19.9 Å². The topological polar surface area (TPSA) is 65.1 Å². The number of anilines is 1. The molecule has 0 radical (unpaired) electrons. The van der Waals surface area contributed by atoms with Gasteiger partial charge in [-0.05, 0) is 31.4 Å². The van der Waals surface area contributed by atoms with E-state index in [9.17, 15) is 4.79 Å². The molecule has 6 heteroatoms. The molecule has 6 nitrogen and oxygen atoms in total. The second kappa shape index (κ2) is 6.63. The first-order valence-electron chi connectivity index (χ1n) is 8.71. The Bertz CT molecular complexity index is 734. The molecule has 24 heavy (non-hydrogen) atoms. The van der Waals surface area contributed by atoms with Crippen LogP contribution in [0.5, 0.6) is 0 Å². The normalized spacial score (nSPS) is 18.8. The van der Waals surface area contributed by atoms with Crippen LogP contribution in [0.3, 0.4) is 0 Å². The molecule has 4 rings (SSSR count). The smallest absolute Gasteiger partial charge is 0.246 e. The molecule has 0 atom stereocenters. The Labute approximate surface area is 142 Å². The fourth-order valence-electron chi connectivity index (χ4n) is 3.49. The highest BCUT2D eigenvalue weighted by Crippen LogP contribution is 2.45. The number of aromatic nitrogens is 3. The standard InChI is InChI=1S/C16H19N5O.C2H6/c1-2-13(22)21-9-3-8-20(10-16(21)5-6-16)15-12-4-7-17-14(12)18-11-19-15;1-2/h2,4,7,11H,1,3,5-6,8-10H2,(H,17,18,19);1-2H3. The van der Waals surface area contributed by atoms with Crippen LogP contribution in [0.25, 0.3) is 11.0 Å². The summed E-state index contributed by atoms with van der Waals surface area (Å²) >= 11 is 0. The highest BCUT2D eigenvalue weighted by Gasteiger charge is 2.51. The molecule has 2 aromatic heterocycles. The predicted molar refractivity (Wildman–Crippen MR) is 95.9 cm³/mol. The van der Waals surface area contributed by atoms with Crippen molar-refractivity contribution in [3.8, 4) is 0 Å². The Morgan fingerprint density at radius 1 is 1.33 bits per heavy atom. The number of fused-ring (bicyclic) bond motifs is 1. The fourth-order valence-corrected chi connectivity index (χ4v) is 3.49. The molecule has 2 aromatic rings. The third-order valence-electron chi connectivity index (χ3n) is 4.77. The summed E-state index contributed by atoms with van der Waals surface area (Å²) in [6.07, 6.45) is 7.99. The highest BCUT2D eigenvalue weighted by molar-refractivity contribution is 5.89. The van der Waals surface area contributed by atoms with Crippen LogP contribution in [0.1, 0.15) is 33.1 Å². The Morgan fingerprint density at radius 2 is 2.12 bits per heavy atom. The first-order valence-corrected chi connectivity index (χ1v) is 8.71. The zero-order valence-electron chi connectivity index (χ0n) is 14.5. The molecule has 1 N–H and O–H groups in total. The van der Waals surface area contributed by atoms with Crippen LogP contribution in [0.15, 0.2) is 31.2 Å². The number of hydrogen-bond acceptors (Lipinski definition) is 4. The maximum absolute atomic E-state index is 12.1. The summed E-state index contributed by atoms with van der Waals surface area (Å²) < 4.78 is 0. The SMILES string of the molecule is C=CC(=O)N1CCCN(c2ncnc3[nH]ccc23)CC12CC2.CC. The third-order valence-corrected chi connectivity index (χ3v) is 4.77. The van der Waals surface area contributed by atoms with Gasteiger partial charge in [-0.3, -0.25) is 4.79 Å². The number of carbonyl (C=O) groups excluding carboxylic acids is 1. The first-order chi connectivity index (χ1) is 11.7. The Balaban J connectivity index is 0.000000815. The summed E-state index contributed by atoms with van der Waals surface area (Å²) in [6.45, 7) is 10.2. The van der Waals surface area contributed by atoms with Gasteiger partial charge in [-0.25, -0.2) is 9.97 Å². The minimum absolute atomic E-state index is 0.0324. The Morgan fingerprint density at radius 3 is 2.83 bits per heavy atom. The van der Waals surface area contributed by atoms with Crippen LogP contribution >= 0.6 is 0 Å². The van der Waals surface area contributed by atoms with E-state index in [1.165, 1.54) is 6.08 Å². The number of nitrogens with zero attached hydrogens (tertiary/aromatic N) is 4. The van der Waals surface area contributed by atoms with E-state index < -0.39 is 0 Å². The van der Waals surface area contributed by atoms with Crippen molar-refractivity contribution in [1.29, 1.82) is 0 Å². The molecule has 0 bridgehead atoms. The van der Waals surface area contributed by atoms with Crippen LogP contribution in [-0.2, 0) is 4.79 Å². The number of H-pyrrole nitrogens is 1. The fraction of sp³-hybridized carbons (Fsp3) is 0.500. The van der Waals surface area contributed by atoms with Crippen molar-refractivity contribution in [2.45, 2.75) is 38.6 Å². The molecular formula is C18H25N5O. The van der Waals surface area contributed by atoms with Crippen LogP contribution in [0.2, 0.25) is 0 Å². The van der Waals surface area contributed by atoms with Gasteiger partial charge in [-0.2, -0.15) is 0 Å². The lowest BCUT2D eigenvalue weighted by atomic mass is 10.2. The molecule has 2 aliphatic rings. The summed E-state index contributed by atoms with van der Waals surface area (Å²) in [5.41, 5.74) is 0.827. The molecule has 1 saturated heterocycles. The minimum atomic E-state index is -0.0324. The van der Waals surface area contributed by atoms with Gasteiger partial charge in [0.05, 0.1) is 10.9 Å². The number of amides is 1. The van der Waals surface area contributed by atoms with Crippen LogP contribution in [-0.4, -0.2) is 50.9 Å². The van der Waals surface area contributed by atoms with Crippen molar-refractivity contribution in [3.63, 3.8) is 0 Å². The van der Waals surface area contributed by atoms with Gasteiger partial charge < -0.3 is 14.8 Å². The molecule has 1 spiro atoms. The van der Waals surface area contributed by atoms with Crippen molar-refractivity contribution < 1.29 is 4.79 Å². The van der Waals surface area contributed by atoms with Gasteiger partial charge in [-0.1, -0.05) is 20.4 Å². The summed E-state index contributed by atoms with van der Waals surface area (Å²) in [7, 11) is 0. The van der Waals surface area contributed by atoms with Crippen molar-refractivity contribution in [2.24, 2.45) is 0 Å². The van der Waals surface area contributed by atoms with E-state index >= 15 is 0 Å². The maximum atomic E-state index is 12.1. The van der Waals surface area contributed by atoms with E-state index in [0.29, 0.717) is 0 Å². The summed E-state index contributed by atoms with van der Waals surface area (Å²) in [5.74, 6) is 1.01. The van der Waals surface area contributed by atoms with Gasteiger partial charge in [0.2, 0.25) is 5.91 Å². The molecule has 1 aliphatic carbocycles. The van der Waals surface area contributed by atoms with Crippen LogP contribution in [0, 0.1) is 0 Å². The minimum Gasteiger partial charge on any atom is -0.354 e. The van der Waals surface area contributed by atoms with Gasteiger partial charge in [0, 0.05) is 25.8 Å². The number of aromatic amines is 1. The third kappa shape index (κ3) is 2.77. The van der Waals surface area contributed by atoms with Gasteiger partial charge in [0.25, 0.3) is 0 Å². The number of nitrogens with one attached hydrogen (secondary N) is 1. The zero-order valence-corrected chi connectivity index (χ0v) is 14.5. The van der Waals surface area contributed by atoms with Crippen molar-refractivity contribution in [2.75, 3.05) is 24.5 Å². The monoisotopic (exact) mass is 327 g/mol. The Kier molecular flexibility index (Phi) is 4.55. The quantitative estimate of drug-likeness (QED) is 0.862. The lowest BCUT2D eigenvalue weighted by molar-refractivity contribution is -0.128. The van der Waals surface area contributed by atoms with E-state index in [1.54, 1.807) is 6.33 Å². The molecule has 2 fully saturated rings. The lowest BCUT2D eigenvalue weighted by Gasteiger charge is -2.31. The van der Waals surface area contributed by atoms with E-state index in [0.717, 1.165) is 55.7 Å². The average molecular weight is 327 g/mol. The molecule has 0 aromatic carbocycles. The van der Waals surface area contributed by atoms with Crippen molar-refractivity contribution >= 4 is 22.8 Å². The van der Waals surface area contributed by atoms with Crippen molar-refractivity contribution in [3.05, 3.63) is 31.2 Å². The van der Waals surface area contributed by atoms with E-state index in [4.69, 9.17) is 0 Å². The molecular weight excluding hydrogens is 302 g/mol. The second-order valence-corrected chi connectivity index (χ2v) is 6.13. The summed E-state index contributed by atoms with van der Waals surface area (Å²) in [5, 5.41) is 1.04. The molecule has 1 amide bonds. The lowest BCUT2D eigenvalue weighted by Crippen LogP contribution is -2.46. The summed E-state index contributed by atoms with van der Waals surface area (Å²) in [4.78, 5) is 28.4. The largest absolute Gasteiger partial charge is 0.354 e. The number of carbonyl (C=O) groups is 1. The molecule has 1 aliphatic heterocycles. The molecule has 0 unspecified atom stereocenters. The van der Waals surface area contributed by atoms with Gasteiger partial charge >= 0.3 is 0 Å². The van der Waals surface area contributed by atoms with Gasteiger partial charge in [-0.15, -0.1) is 0 Å². The zero-order chi connectivity index (χ0) is 17.2. The average Bonchev–Trinajstić information content (AvgIpc) is 3.29. The summed E-state index contributed by atoms with van der Waals surface area (Å²) in [6, 6.07) is 2.02. The predicted octanol–water partition coefficient (Wildman–Crippen LogP) is 2.74. The first kappa shape index (κ1) is 16.5. The van der Waals surface area contributed by atoms with Crippen LogP contribution in [0.4, 0.5) is 5.82 Å². The number of hydrogen-bond donors (Lipinski definition) is 1. The van der Waals surface area contributed by atoms with Crippen LogP contribution < -0.4 is 4.90 Å². The highest BCUT2D eigenvalue weighted by atomic mass is 16.2. The van der Waals surface area contributed by atoms with E-state index in [2.05, 4.69) is 26.4 Å². The maximum Gasteiger partial charge on any atom is 0.246 e. The molecule has 1 saturated carbocycles.